The summed E-state index contributed by atoms with van der Waals surface area (Å²) < 4.78 is 0. The van der Waals surface area contributed by atoms with Crippen LogP contribution in [0, 0.1) is 5.92 Å². The first-order chi connectivity index (χ1) is 10.4. The number of aliphatic carboxylic acids is 1. The van der Waals surface area contributed by atoms with Gasteiger partial charge in [-0.25, -0.2) is 4.79 Å². The van der Waals surface area contributed by atoms with Crippen LogP contribution in [0.2, 0.25) is 0 Å². The van der Waals surface area contributed by atoms with Gasteiger partial charge in [0.25, 0.3) is 0 Å². The Labute approximate surface area is 130 Å². The second-order valence-electron chi connectivity index (χ2n) is 6.43. The number of rotatable bonds is 5. The number of likely N-dealkylation sites (N-methyl/N-ethyl adjacent to an activating group) is 1. The minimum Gasteiger partial charge on any atom is -0.480 e. The Kier molecular flexibility index (Phi) is 5.39. The average molecular weight is 311 g/mol. The van der Waals surface area contributed by atoms with Crippen LogP contribution in [0.4, 0.5) is 0 Å². The highest BCUT2D eigenvalue weighted by Gasteiger charge is 2.40. The van der Waals surface area contributed by atoms with Gasteiger partial charge in [0.15, 0.2) is 0 Å². The van der Waals surface area contributed by atoms with Gasteiger partial charge in [-0.3, -0.25) is 9.59 Å². The number of piperidine rings is 1. The lowest BCUT2D eigenvalue weighted by molar-refractivity contribution is -0.153. The van der Waals surface area contributed by atoms with Crippen molar-refractivity contribution in [2.24, 2.45) is 5.92 Å². The third kappa shape index (κ3) is 3.76. The van der Waals surface area contributed by atoms with Gasteiger partial charge in [0.2, 0.25) is 11.8 Å². The molecule has 7 heteroatoms. The standard InChI is InChI=1S/C15H25N3O4/c1-16(2)7-8-17-10-11(9-13(17)19)14(20)18-6-4-3-5-12(18)15(21)22/h11-12H,3-10H2,1-2H3,(H,21,22). The molecule has 0 radical (unpaired) electrons. The highest BCUT2D eigenvalue weighted by molar-refractivity contribution is 5.91. The van der Waals surface area contributed by atoms with Crippen LogP contribution in [0.3, 0.4) is 0 Å². The van der Waals surface area contributed by atoms with E-state index >= 15 is 0 Å². The van der Waals surface area contributed by atoms with Gasteiger partial charge in [-0.15, -0.1) is 0 Å². The summed E-state index contributed by atoms with van der Waals surface area (Å²) in [4.78, 5) is 41.1. The van der Waals surface area contributed by atoms with E-state index in [0.29, 0.717) is 26.1 Å². The third-order valence-electron chi connectivity index (χ3n) is 4.45. The minimum atomic E-state index is -0.943. The Balaban J connectivity index is 1.97. The van der Waals surface area contributed by atoms with Crippen LogP contribution in [0.1, 0.15) is 25.7 Å². The lowest BCUT2D eigenvalue weighted by atomic mass is 9.98. The van der Waals surface area contributed by atoms with Crippen molar-refractivity contribution >= 4 is 17.8 Å². The summed E-state index contributed by atoms with van der Waals surface area (Å²) in [6.07, 6.45) is 2.38. The predicted molar refractivity (Wildman–Crippen MR) is 80.2 cm³/mol. The van der Waals surface area contributed by atoms with Crippen molar-refractivity contribution in [3.8, 4) is 0 Å². The number of hydrogen-bond acceptors (Lipinski definition) is 4. The number of hydrogen-bond donors (Lipinski definition) is 1. The van der Waals surface area contributed by atoms with Gasteiger partial charge < -0.3 is 19.8 Å². The number of amides is 2. The maximum absolute atomic E-state index is 12.6. The number of carboxylic acid groups (broad SMARTS) is 1. The highest BCUT2D eigenvalue weighted by Crippen LogP contribution is 2.25. The van der Waals surface area contributed by atoms with Gasteiger partial charge >= 0.3 is 5.97 Å². The van der Waals surface area contributed by atoms with Gasteiger partial charge in [-0.1, -0.05) is 0 Å². The Bertz CT molecular complexity index is 452. The molecule has 7 nitrogen and oxygen atoms in total. The van der Waals surface area contributed by atoms with E-state index in [4.69, 9.17) is 0 Å². The molecule has 2 saturated heterocycles. The molecule has 0 bridgehead atoms. The number of likely N-dealkylation sites (tertiary alicyclic amines) is 2. The molecule has 2 aliphatic rings. The number of carbonyl (C=O) groups is 3. The molecule has 1 N–H and O–H groups in total. The SMILES string of the molecule is CN(C)CCN1CC(C(=O)N2CCCCC2C(=O)O)CC1=O. The molecule has 2 heterocycles. The van der Waals surface area contributed by atoms with E-state index in [1.165, 1.54) is 4.90 Å². The van der Waals surface area contributed by atoms with Crippen LogP contribution in [0.25, 0.3) is 0 Å². The van der Waals surface area contributed by atoms with E-state index in [9.17, 15) is 19.5 Å². The van der Waals surface area contributed by atoms with Crippen LogP contribution in [0.15, 0.2) is 0 Å². The summed E-state index contributed by atoms with van der Waals surface area (Å²) in [6.45, 7) is 2.26. The molecule has 0 aliphatic carbocycles. The van der Waals surface area contributed by atoms with Crippen molar-refractivity contribution < 1.29 is 19.5 Å². The van der Waals surface area contributed by atoms with Crippen molar-refractivity contribution in [1.82, 2.24) is 14.7 Å². The van der Waals surface area contributed by atoms with Crippen molar-refractivity contribution in [2.45, 2.75) is 31.7 Å². The van der Waals surface area contributed by atoms with E-state index in [0.717, 1.165) is 19.4 Å². The molecule has 2 unspecified atom stereocenters. The third-order valence-corrected chi connectivity index (χ3v) is 4.45. The monoisotopic (exact) mass is 311 g/mol. The molecule has 124 valence electrons. The van der Waals surface area contributed by atoms with Crippen LogP contribution < -0.4 is 0 Å². The summed E-state index contributed by atoms with van der Waals surface area (Å²) in [5.41, 5.74) is 0. The zero-order chi connectivity index (χ0) is 16.3. The fraction of sp³-hybridized carbons (Fsp3) is 0.800. The van der Waals surface area contributed by atoms with Crippen LogP contribution in [-0.4, -0.2) is 83.9 Å². The lowest BCUT2D eigenvalue weighted by Crippen LogP contribution is -2.50. The average Bonchev–Trinajstić information content (AvgIpc) is 2.85. The lowest BCUT2D eigenvalue weighted by Gasteiger charge is -2.34. The molecule has 0 aromatic heterocycles. The Morgan fingerprint density at radius 1 is 1.32 bits per heavy atom. The van der Waals surface area contributed by atoms with Gasteiger partial charge in [-0.05, 0) is 33.4 Å². The summed E-state index contributed by atoms with van der Waals surface area (Å²) in [5, 5.41) is 9.27. The van der Waals surface area contributed by atoms with E-state index in [2.05, 4.69) is 0 Å². The summed E-state index contributed by atoms with van der Waals surface area (Å²) >= 11 is 0. The second-order valence-corrected chi connectivity index (χ2v) is 6.43. The first kappa shape index (κ1) is 16.7. The van der Waals surface area contributed by atoms with Crippen LogP contribution in [0.5, 0.6) is 0 Å². The molecular weight excluding hydrogens is 286 g/mol. The molecule has 0 spiro atoms. The van der Waals surface area contributed by atoms with Crippen molar-refractivity contribution in [3.63, 3.8) is 0 Å². The quantitative estimate of drug-likeness (QED) is 0.764. The molecule has 2 atom stereocenters. The van der Waals surface area contributed by atoms with Gasteiger partial charge in [-0.2, -0.15) is 0 Å². The van der Waals surface area contributed by atoms with Gasteiger partial charge in [0.1, 0.15) is 6.04 Å². The first-order valence-electron chi connectivity index (χ1n) is 7.86. The molecule has 22 heavy (non-hydrogen) atoms. The Morgan fingerprint density at radius 3 is 2.68 bits per heavy atom. The van der Waals surface area contributed by atoms with Gasteiger partial charge in [0, 0.05) is 32.6 Å². The number of nitrogens with zero attached hydrogens (tertiary/aromatic N) is 3. The highest BCUT2D eigenvalue weighted by atomic mass is 16.4. The molecule has 0 aromatic rings. The van der Waals surface area contributed by atoms with Crippen molar-refractivity contribution in [3.05, 3.63) is 0 Å². The molecule has 2 fully saturated rings. The maximum Gasteiger partial charge on any atom is 0.326 e. The second kappa shape index (κ2) is 7.09. The fourth-order valence-corrected chi connectivity index (χ4v) is 3.16. The van der Waals surface area contributed by atoms with E-state index in [1.807, 2.05) is 19.0 Å². The summed E-state index contributed by atoms with van der Waals surface area (Å²) in [5.74, 6) is -1.52. The molecule has 0 aromatic carbocycles. The Morgan fingerprint density at radius 2 is 2.05 bits per heavy atom. The normalized spacial score (nSPS) is 25.9. The van der Waals surface area contributed by atoms with Crippen LogP contribution in [-0.2, 0) is 14.4 Å². The molecule has 0 saturated carbocycles. The fourth-order valence-electron chi connectivity index (χ4n) is 3.16. The molecular formula is C15H25N3O4. The van der Waals surface area contributed by atoms with E-state index < -0.39 is 17.9 Å². The topological polar surface area (TPSA) is 81.2 Å². The smallest absolute Gasteiger partial charge is 0.326 e. The zero-order valence-electron chi connectivity index (χ0n) is 13.3. The summed E-state index contributed by atoms with van der Waals surface area (Å²) in [6, 6.07) is -0.729. The summed E-state index contributed by atoms with van der Waals surface area (Å²) in [7, 11) is 3.88. The van der Waals surface area contributed by atoms with Crippen molar-refractivity contribution in [2.75, 3.05) is 40.3 Å². The van der Waals surface area contributed by atoms with E-state index in [1.54, 1.807) is 4.90 Å². The number of carboxylic acids is 1. The Hall–Kier alpha value is -1.63. The van der Waals surface area contributed by atoms with Crippen molar-refractivity contribution in [1.29, 1.82) is 0 Å². The minimum absolute atomic E-state index is 0.0101. The molecule has 2 aliphatic heterocycles. The molecule has 2 rings (SSSR count). The van der Waals surface area contributed by atoms with Gasteiger partial charge in [0.05, 0.1) is 5.92 Å². The molecule has 2 amide bonds. The van der Waals surface area contributed by atoms with Crippen LogP contribution >= 0.6 is 0 Å². The zero-order valence-corrected chi connectivity index (χ0v) is 13.3. The number of carbonyl (C=O) groups excluding carboxylic acids is 2. The predicted octanol–water partition coefficient (Wildman–Crippen LogP) is -0.138. The maximum atomic E-state index is 12.6. The van der Waals surface area contributed by atoms with E-state index in [-0.39, 0.29) is 18.2 Å². The first-order valence-corrected chi connectivity index (χ1v) is 7.86. The largest absolute Gasteiger partial charge is 0.480 e.